The van der Waals surface area contributed by atoms with E-state index in [4.69, 9.17) is 0 Å². The summed E-state index contributed by atoms with van der Waals surface area (Å²) in [7, 11) is 0. The van der Waals surface area contributed by atoms with Gasteiger partial charge in [0.15, 0.2) is 0 Å². The van der Waals surface area contributed by atoms with E-state index in [0.717, 1.165) is 17.7 Å². The molecule has 6 nitrogen and oxygen atoms in total. The first-order valence-corrected chi connectivity index (χ1v) is 11.3. The van der Waals surface area contributed by atoms with Crippen LogP contribution in [0, 0.1) is 11.7 Å². The molecule has 0 aliphatic carbocycles. The van der Waals surface area contributed by atoms with Gasteiger partial charge in [0.1, 0.15) is 5.82 Å². The van der Waals surface area contributed by atoms with Crippen LogP contribution < -0.4 is 10.2 Å². The molecule has 1 aromatic heterocycles. The third kappa shape index (κ3) is 4.75. The number of amides is 3. The number of hydrogen-bond acceptors (Lipinski definition) is 4. The first-order chi connectivity index (χ1) is 14.6. The van der Waals surface area contributed by atoms with Gasteiger partial charge in [-0.3, -0.25) is 4.79 Å². The van der Waals surface area contributed by atoms with Gasteiger partial charge >= 0.3 is 6.03 Å². The van der Waals surface area contributed by atoms with Crippen molar-refractivity contribution >= 4 is 29.0 Å². The van der Waals surface area contributed by atoms with E-state index in [1.54, 1.807) is 28.4 Å². The Kier molecular flexibility index (Phi) is 6.52. The summed E-state index contributed by atoms with van der Waals surface area (Å²) in [6.45, 7) is 4.05. The normalized spacial score (nSPS) is 19.6. The summed E-state index contributed by atoms with van der Waals surface area (Å²) in [5.41, 5.74) is 0.593. The Bertz CT molecular complexity index is 868. The van der Waals surface area contributed by atoms with Crippen LogP contribution in [0.4, 0.5) is 14.9 Å². The second kappa shape index (κ2) is 9.47. The molecular formula is C22H27FN4O2S. The summed E-state index contributed by atoms with van der Waals surface area (Å²) in [5.74, 6) is -0.279. The van der Waals surface area contributed by atoms with Crippen LogP contribution in [0.15, 0.2) is 41.8 Å². The zero-order valence-corrected chi connectivity index (χ0v) is 17.7. The minimum absolute atomic E-state index is 0.106. The van der Waals surface area contributed by atoms with Crippen molar-refractivity contribution in [2.45, 2.75) is 19.4 Å². The molecule has 1 N–H and O–H groups in total. The zero-order chi connectivity index (χ0) is 20.9. The quantitative estimate of drug-likeness (QED) is 0.811. The molecule has 1 aromatic carbocycles. The van der Waals surface area contributed by atoms with Gasteiger partial charge in [0.25, 0.3) is 0 Å². The van der Waals surface area contributed by atoms with Crippen LogP contribution in [0.25, 0.3) is 0 Å². The molecule has 160 valence electrons. The molecule has 3 amide bonds. The number of benzene rings is 1. The molecule has 0 saturated carbocycles. The van der Waals surface area contributed by atoms with Crippen LogP contribution in [0.3, 0.4) is 0 Å². The topological polar surface area (TPSA) is 55.9 Å². The highest BCUT2D eigenvalue weighted by Crippen LogP contribution is 2.23. The Morgan fingerprint density at radius 2 is 1.83 bits per heavy atom. The van der Waals surface area contributed by atoms with Gasteiger partial charge in [-0.1, -0.05) is 18.2 Å². The highest BCUT2D eigenvalue weighted by Gasteiger charge is 2.32. The van der Waals surface area contributed by atoms with Crippen molar-refractivity contribution in [1.82, 2.24) is 15.1 Å². The first-order valence-electron chi connectivity index (χ1n) is 10.5. The van der Waals surface area contributed by atoms with Crippen LogP contribution in [0.2, 0.25) is 0 Å². The molecule has 0 bridgehead atoms. The number of anilines is 1. The number of carbonyl (C=O) groups excluding carboxylic acids is 2. The number of para-hydroxylation sites is 1. The Morgan fingerprint density at radius 3 is 2.57 bits per heavy atom. The molecule has 2 aromatic rings. The van der Waals surface area contributed by atoms with Crippen LogP contribution in [-0.4, -0.2) is 61.0 Å². The lowest BCUT2D eigenvalue weighted by molar-refractivity contribution is -0.137. The van der Waals surface area contributed by atoms with E-state index in [2.05, 4.69) is 5.32 Å². The Labute approximate surface area is 180 Å². The second-order valence-corrected chi connectivity index (χ2v) is 8.82. The van der Waals surface area contributed by atoms with Crippen molar-refractivity contribution in [2.75, 3.05) is 44.2 Å². The number of hydrogen-bond donors (Lipinski definition) is 1. The van der Waals surface area contributed by atoms with Gasteiger partial charge in [0.05, 0.1) is 18.2 Å². The third-order valence-electron chi connectivity index (χ3n) is 5.84. The van der Waals surface area contributed by atoms with E-state index in [0.29, 0.717) is 51.5 Å². The molecule has 2 aliphatic rings. The zero-order valence-electron chi connectivity index (χ0n) is 16.9. The van der Waals surface area contributed by atoms with Crippen molar-refractivity contribution < 1.29 is 14.0 Å². The second-order valence-electron chi connectivity index (χ2n) is 7.79. The Morgan fingerprint density at radius 1 is 1.03 bits per heavy atom. The fraction of sp³-hybridized carbons (Fsp3) is 0.455. The predicted molar refractivity (Wildman–Crippen MR) is 116 cm³/mol. The Balaban J connectivity index is 1.28. The molecule has 3 heterocycles. The van der Waals surface area contributed by atoms with E-state index in [1.165, 1.54) is 6.07 Å². The van der Waals surface area contributed by atoms with Crippen LogP contribution in [-0.2, 0) is 11.3 Å². The van der Waals surface area contributed by atoms with E-state index in [1.807, 2.05) is 33.4 Å². The number of nitrogens with zero attached hydrogens (tertiary/aromatic N) is 3. The highest BCUT2D eigenvalue weighted by atomic mass is 32.1. The monoisotopic (exact) mass is 430 g/mol. The maximum absolute atomic E-state index is 14.0. The van der Waals surface area contributed by atoms with E-state index < -0.39 is 0 Å². The number of rotatable bonds is 4. The summed E-state index contributed by atoms with van der Waals surface area (Å²) in [6.07, 6.45) is 1.64. The first kappa shape index (κ1) is 20.7. The van der Waals surface area contributed by atoms with Crippen molar-refractivity contribution in [1.29, 1.82) is 0 Å². The van der Waals surface area contributed by atoms with Crippen molar-refractivity contribution in [2.24, 2.45) is 5.92 Å². The fourth-order valence-electron chi connectivity index (χ4n) is 4.18. The third-order valence-corrected chi connectivity index (χ3v) is 6.71. The lowest BCUT2D eigenvalue weighted by atomic mass is 9.96. The predicted octanol–water partition coefficient (Wildman–Crippen LogP) is 3.16. The van der Waals surface area contributed by atoms with Crippen LogP contribution in [0.5, 0.6) is 0 Å². The molecule has 1 unspecified atom stereocenters. The molecule has 0 radical (unpaired) electrons. The number of piperidine rings is 1. The lowest BCUT2D eigenvalue weighted by Crippen LogP contribution is -2.54. The van der Waals surface area contributed by atoms with E-state index in [9.17, 15) is 14.0 Å². The van der Waals surface area contributed by atoms with Gasteiger partial charge in [-0.05, 0) is 36.4 Å². The number of urea groups is 1. The number of likely N-dealkylation sites (tertiary alicyclic amines) is 1. The lowest BCUT2D eigenvalue weighted by Gasteiger charge is -2.39. The van der Waals surface area contributed by atoms with Crippen molar-refractivity contribution in [3.63, 3.8) is 0 Å². The summed E-state index contributed by atoms with van der Waals surface area (Å²) in [6, 6.07) is 10.6. The molecule has 2 saturated heterocycles. The average molecular weight is 431 g/mol. The molecule has 8 heteroatoms. The molecule has 0 spiro atoms. The van der Waals surface area contributed by atoms with Crippen molar-refractivity contribution in [3.8, 4) is 0 Å². The largest absolute Gasteiger partial charge is 0.366 e. The van der Waals surface area contributed by atoms with Gasteiger partial charge in [0.2, 0.25) is 5.91 Å². The summed E-state index contributed by atoms with van der Waals surface area (Å²) in [4.78, 5) is 32.3. The number of nitrogens with one attached hydrogen (secondary N) is 1. The number of piperazine rings is 1. The molecule has 30 heavy (non-hydrogen) atoms. The summed E-state index contributed by atoms with van der Waals surface area (Å²) < 4.78 is 14.0. The highest BCUT2D eigenvalue weighted by molar-refractivity contribution is 7.09. The molecule has 4 rings (SSSR count). The fourth-order valence-corrected chi connectivity index (χ4v) is 4.83. The average Bonchev–Trinajstić information content (AvgIpc) is 3.31. The van der Waals surface area contributed by atoms with Crippen LogP contribution in [0.1, 0.15) is 17.7 Å². The maximum atomic E-state index is 14.0. The van der Waals surface area contributed by atoms with Gasteiger partial charge < -0.3 is 20.0 Å². The molecule has 2 fully saturated rings. The number of carbonyl (C=O) groups is 2. The SMILES string of the molecule is O=C(NCc1cccs1)N1CCCC(C(=O)N2CCN(c3ccccc3F)CC2)C1. The molecule has 2 aliphatic heterocycles. The standard InChI is InChI=1S/C22H27FN4O2S/c23-19-7-1-2-8-20(19)25-10-12-26(13-11-25)21(28)17-5-3-9-27(16-17)22(29)24-15-18-6-4-14-30-18/h1-2,4,6-8,14,17H,3,5,9-13,15-16H2,(H,24,29). The summed E-state index contributed by atoms with van der Waals surface area (Å²) >= 11 is 1.61. The van der Waals surface area contributed by atoms with E-state index in [-0.39, 0.29) is 23.7 Å². The minimum Gasteiger partial charge on any atom is -0.366 e. The summed E-state index contributed by atoms with van der Waals surface area (Å²) in [5, 5.41) is 4.94. The van der Waals surface area contributed by atoms with Crippen LogP contribution >= 0.6 is 11.3 Å². The van der Waals surface area contributed by atoms with Gasteiger partial charge in [-0.25, -0.2) is 9.18 Å². The van der Waals surface area contributed by atoms with Crippen molar-refractivity contribution in [3.05, 3.63) is 52.5 Å². The van der Waals surface area contributed by atoms with Gasteiger partial charge in [-0.15, -0.1) is 11.3 Å². The van der Waals surface area contributed by atoms with Gasteiger partial charge in [-0.2, -0.15) is 0 Å². The minimum atomic E-state index is -0.228. The number of thiophene rings is 1. The van der Waals surface area contributed by atoms with Gasteiger partial charge in [0, 0.05) is 44.1 Å². The maximum Gasteiger partial charge on any atom is 0.317 e. The Hall–Kier alpha value is -2.61. The molecular weight excluding hydrogens is 403 g/mol. The number of halogens is 1. The smallest absolute Gasteiger partial charge is 0.317 e. The molecule has 1 atom stereocenters. The van der Waals surface area contributed by atoms with E-state index >= 15 is 0 Å².